The zero-order chi connectivity index (χ0) is 21.4. The van der Waals surface area contributed by atoms with Crippen LogP contribution in [0.1, 0.15) is 42.7 Å². The summed E-state index contributed by atoms with van der Waals surface area (Å²) in [5.41, 5.74) is 4.81. The molecule has 2 amide bonds. The van der Waals surface area contributed by atoms with Gasteiger partial charge in [0.25, 0.3) is 11.8 Å². The first-order valence-electron chi connectivity index (χ1n) is 10.7. The second kappa shape index (κ2) is 8.05. The molecular formula is C25H29N3O2. The molecule has 2 aliphatic heterocycles. The van der Waals surface area contributed by atoms with E-state index in [9.17, 15) is 9.59 Å². The smallest absolute Gasteiger partial charge is 0.278 e. The Morgan fingerprint density at radius 2 is 1.73 bits per heavy atom. The van der Waals surface area contributed by atoms with Gasteiger partial charge in [0, 0.05) is 19.3 Å². The Hall–Kier alpha value is -2.95. The van der Waals surface area contributed by atoms with Crippen LogP contribution in [0.4, 0.5) is 0 Å². The van der Waals surface area contributed by atoms with E-state index in [0.29, 0.717) is 28.8 Å². The van der Waals surface area contributed by atoms with Crippen molar-refractivity contribution in [3.05, 3.63) is 70.7 Å². The molecule has 0 spiro atoms. The maximum Gasteiger partial charge on any atom is 0.278 e. The highest BCUT2D eigenvalue weighted by Crippen LogP contribution is 2.36. The summed E-state index contributed by atoms with van der Waals surface area (Å²) in [7, 11) is 0. The normalized spacial score (nSPS) is 22.3. The molecule has 0 radical (unpaired) electrons. The summed E-state index contributed by atoms with van der Waals surface area (Å²) in [5.74, 6) is 0.532. The van der Waals surface area contributed by atoms with Gasteiger partial charge < -0.3 is 4.90 Å². The van der Waals surface area contributed by atoms with Gasteiger partial charge in [-0.05, 0) is 55.4 Å². The summed E-state index contributed by atoms with van der Waals surface area (Å²) in [6.45, 7) is 10.3. The molecule has 2 unspecified atom stereocenters. The number of carbonyl (C=O) groups excluding carboxylic acids is 2. The summed E-state index contributed by atoms with van der Waals surface area (Å²) in [4.78, 5) is 35.0. The van der Waals surface area contributed by atoms with Gasteiger partial charge in [0.05, 0.1) is 17.8 Å². The minimum absolute atomic E-state index is 0.190. The highest BCUT2D eigenvalue weighted by atomic mass is 16.2. The fourth-order valence-corrected chi connectivity index (χ4v) is 4.84. The van der Waals surface area contributed by atoms with Gasteiger partial charge >= 0.3 is 0 Å². The third kappa shape index (κ3) is 3.76. The van der Waals surface area contributed by atoms with Gasteiger partial charge in [0.1, 0.15) is 5.70 Å². The van der Waals surface area contributed by atoms with Crippen molar-refractivity contribution in [1.82, 2.24) is 14.8 Å². The molecule has 1 aromatic carbocycles. The average molecular weight is 404 g/mol. The van der Waals surface area contributed by atoms with Crippen LogP contribution in [0, 0.1) is 25.7 Å². The molecule has 0 N–H and O–H groups in total. The molecule has 3 heterocycles. The van der Waals surface area contributed by atoms with Crippen LogP contribution in [0.3, 0.4) is 0 Å². The predicted octanol–water partition coefficient (Wildman–Crippen LogP) is 3.96. The molecule has 4 rings (SSSR count). The fraction of sp³-hybridized carbons (Fsp3) is 0.400. The molecule has 0 aliphatic carbocycles. The lowest BCUT2D eigenvalue weighted by atomic mass is 9.90. The maximum atomic E-state index is 13.6. The third-order valence-corrected chi connectivity index (χ3v) is 6.03. The van der Waals surface area contributed by atoms with E-state index < -0.39 is 0 Å². The van der Waals surface area contributed by atoms with Gasteiger partial charge in [-0.1, -0.05) is 43.7 Å². The molecule has 2 aromatic rings. The number of aromatic nitrogens is 1. The lowest BCUT2D eigenvalue weighted by Gasteiger charge is -2.37. The number of nitrogens with zero attached hydrogens (tertiary/aromatic N) is 3. The van der Waals surface area contributed by atoms with E-state index in [1.807, 2.05) is 44.2 Å². The molecule has 1 saturated heterocycles. The van der Waals surface area contributed by atoms with E-state index in [0.717, 1.165) is 36.2 Å². The quantitative estimate of drug-likeness (QED) is 0.725. The monoisotopic (exact) mass is 403 g/mol. The van der Waals surface area contributed by atoms with Gasteiger partial charge in [-0.15, -0.1) is 0 Å². The van der Waals surface area contributed by atoms with Crippen molar-refractivity contribution in [2.75, 3.05) is 13.1 Å². The maximum absolute atomic E-state index is 13.6. The number of pyridine rings is 1. The lowest BCUT2D eigenvalue weighted by molar-refractivity contribution is -0.138. The summed E-state index contributed by atoms with van der Waals surface area (Å²) in [5, 5.41) is 0. The van der Waals surface area contributed by atoms with Crippen LogP contribution in [0.25, 0.3) is 5.57 Å². The summed E-state index contributed by atoms with van der Waals surface area (Å²) >= 11 is 0. The Kier molecular flexibility index (Phi) is 5.46. The molecule has 2 atom stereocenters. The molecule has 5 heteroatoms. The van der Waals surface area contributed by atoms with Crippen molar-refractivity contribution in [3.63, 3.8) is 0 Å². The number of hydrogen-bond acceptors (Lipinski definition) is 4. The molecule has 30 heavy (non-hydrogen) atoms. The molecule has 0 saturated carbocycles. The number of piperidine rings is 1. The van der Waals surface area contributed by atoms with Crippen LogP contribution >= 0.6 is 0 Å². The minimum atomic E-state index is -0.224. The zero-order valence-corrected chi connectivity index (χ0v) is 18.2. The molecular weight excluding hydrogens is 374 g/mol. The van der Waals surface area contributed by atoms with Crippen molar-refractivity contribution in [1.29, 1.82) is 0 Å². The van der Waals surface area contributed by atoms with Crippen LogP contribution < -0.4 is 0 Å². The highest BCUT2D eigenvalue weighted by molar-refractivity contribution is 6.35. The van der Waals surface area contributed by atoms with Crippen LogP contribution in [-0.2, 0) is 16.1 Å². The Labute approximate surface area is 178 Å². The van der Waals surface area contributed by atoms with E-state index in [2.05, 4.69) is 29.8 Å². The summed E-state index contributed by atoms with van der Waals surface area (Å²) < 4.78 is 0. The van der Waals surface area contributed by atoms with Crippen molar-refractivity contribution in [2.45, 2.75) is 40.7 Å². The van der Waals surface area contributed by atoms with Crippen LogP contribution in [0.2, 0.25) is 0 Å². The SMILES string of the molecule is Cc1ccc(C2=C(N3CC(C)CC(C)C3)C(=O)N(Cc3ccccn3)C2=O)c(C)c1. The standard InChI is InChI=1S/C25H29N3O2/c1-16-8-9-21(19(4)12-16)22-23(27-13-17(2)11-18(3)14-27)25(30)28(24(22)29)15-20-7-5-6-10-26-20/h5-10,12,17-18H,11,13-15H2,1-4H3. The number of carbonyl (C=O) groups is 2. The first-order valence-corrected chi connectivity index (χ1v) is 10.7. The first kappa shape index (κ1) is 20.3. The van der Waals surface area contributed by atoms with Gasteiger partial charge in [-0.3, -0.25) is 19.5 Å². The Morgan fingerprint density at radius 1 is 1.00 bits per heavy atom. The van der Waals surface area contributed by atoms with Crippen LogP contribution in [0.5, 0.6) is 0 Å². The molecule has 0 bridgehead atoms. The van der Waals surface area contributed by atoms with Gasteiger partial charge in [0.15, 0.2) is 0 Å². The van der Waals surface area contributed by atoms with Gasteiger partial charge in [0.2, 0.25) is 0 Å². The molecule has 5 nitrogen and oxygen atoms in total. The van der Waals surface area contributed by atoms with Crippen molar-refractivity contribution < 1.29 is 9.59 Å². The second-order valence-electron chi connectivity index (χ2n) is 8.91. The van der Waals surface area contributed by atoms with E-state index in [4.69, 9.17) is 0 Å². The number of aryl methyl sites for hydroxylation is 2. The summed E-state index contributed by atoms with van der Waals surface area (Å²) in [6, 6.07) is 11.6. The van der Waals surface area contributed by atoms with Crippen molar-refractivity contribution >= 4 is 17.4 Å². The number of benzene rings is 1. The Bertz CT molecular complexity index is 1000. The molecule has 1 aromatic heterocycles. The van der Waals surface area contributed by atoms with Crippen LogP contribution in [0.15, 0.2) is 48.3 Å². The van der Waals surface area contributed by atoms with Crippen LogP contribution in [-0.4, -0.2) is 39.7 Å². The van der Waals surface area contributed by atoms with E-state index >= 15 is 0 Å². The fourth-order valence-electron chi connectivity index (χ4n) is 4.84. The van der Waals surface area contributed by atoms with E-state index in [-0.39, 0.29) is 18.4 Å². The number of hydrogen-bond donors (Lipinski definition) is 0. The van der Waals surface area contributed by atoms with E-state index in [1.54, 1.807) is 6.20 Å². The largest absolute Gasteiger partial charge is 0.366 e. The van der Waals surface area contributed by atoms with Crippen molar-refractivity contribution in [3.8, 4) is 0 Å². The second-order valence-corrected chi connectivity index (χ2v) is 8.91. The number of amides is 2. The number of likely N-dealkylation sites (tertiary alicyclic amines) is 1. The topological polar surface area (TPSA) is 53.5 Å². The highest BCUT2D eigenvalue weighted by Gasteiger charge is 2.43. The zero-order valence-electron chi connectivity index (χ0n) is 18.2. The van der Waals surface area contributed by atoms with E-state index in [1.165, 1.54) is 4.90 Å². The summed E-state index contributed by atoms with van der Waals surface area (Å²) in [6.07, 6.45) is 2.83. The average Bonchev–Trinajstić information content (AvgIpc) is 2.93. The first-order chi connectivity index (χ1) is 14.3. The van der Waals surface area contributed by atoms with Gasteiger partial charge in [-0.25, -0.2) is 0 Å². The number of imide groups is 1. The molecule has 1 fully saturated rings. The lowest BCUT2D eigenvalue weighted by Crippen LogP contribution is -2.41. The Balaban J connectivity index is 1.79. The predicted molar refractivity (Wildman–Crippen MR) is 117 cm³/mol. The van der Waals surface area contributed by atoms with Gasteiger partial charge in [-0.2, -0.15) is 0 Å². The molecule has 156 valence electrons. The minimum Gasteiger partial charge on any atom is -0.366 e. The third-order valence-electron chi connectivity index (χ3n) is 6.03. The Morgan fingerprint density at radius 3 is 2.37 bits per heavy atom. The number of rotatable bonds is 4. The molecule has 2 aliphatic rings. The van der Waals surface area contributed by atoms with Crippen molar-refractivity contribution in [2.24, 2.45) is 11.8 Å².